The van der Waals surface area contributed by atoms with Crippen LogP contribution in [-0.4, -0.2) is 10.9 Å². The van der Waals surface area contributed by atoms with Gasteiger partial charge in [0.1, 0.15) is 5.82 Å². The Bertz CT molecular complexity index is 932. The van der Waals surface area contributed by atoms with E-state index in [2.05, 4.69) is 15.6 Å². The highest BCUT2D eigenvalue weighted by atomic mass is 35.5. The number of carbonyl (C=O) groups excluding carboxylic acids is 1. The summed E-state index contributed by atoms with van der Waals surface area (Å²) in [5, 5.41) is 6.68. The van der Waals surface area contributed by atoms with Gasteiger partial charge < -0.3 is 10.6 Å². The quantitative estimate of drug-likeness (QED) is 0.630. The molecule has 2 aromatic carbocycles. The van der Waals surface area contributed by atoms with Crippen LogP contribution in [0.25, 0.3) is 0 Å². The van der Waals surface area contributed by atoms with E-state index in [9.17, 15) is 9.18 Å². The molecule has 3 rings (SSSR count). The van der Waals surface area contributed by atoms with Gasteiger partial charge in [0.25, 0.3) is 5.91 Å². The molecule has 1 heterocycles. The van der Waals surface area contributed by atoms with E-state index in [1.54, 1.807) is 42.6 Å². The molecule has 7 heteroatoms. The van der Waals surface area contributed by atoms with E-state index in [1.165, 1.54) is 18.3 Å². The first-order valence-corrected chi connectivity index (χ1v) is 8.47. The minimum Gasteiger partial charge on any atom is -0.353 e. The molecule has 4 nitrogen and oxygen atoms in total. The van der Waals surface area contributed by atoms with Crippen LogP contribution in [0.1, 0.15) is 15.9 Å². The van der Waals surface area contributed by atoms with Gasteiger partial charge in [0.2, 0.25) is 0 Å². The maximum Gasteiger partial charge on any atom is 0.253 e. The Hall–Kier alpha value is -2.63. The van der Waals surface area contributed by atoms with Gasteiger partial charge in [-0.3, -0.25) is 9.78 Å². The lowest BCUT2D eigenvalue weighted by Crippen LogP contribution is -2.23. The maximum absolute atomic E-state index is 12.9. The van der Waals surface area contributed by atoms with Crippen molar-refractivity contribution in [2.75, 3.05) is 5.32 Å². The molecule has 0 aliphatic rings. The summed E-state index contributed by atoms with van der Waals surface area (Å²) >= 11 is 12.1. The Kier molecular flexibility index (Phi) is 5.71. The molecule has 132 valence electrons. The molecule has 1 aromatic heterocycles. The largest absolute Gasteiger partial charge is 0.353 e. The van der Waals surface area contributed by atoms with Crippen molar-refractivity contribution in [3.05, 3.63) is 87.9 Å². The van der Waals surface area contributed by atoms with Gasteiger partial charge in [-0.05, 0) is 35.9 Å². The van der Waals surface area contributed by atoms with E-state index < -0.39 is 0 Å². The molecule has 0 fully saturated rings. The minimum absolute atomic E-state index is 0.289. The highest BCUT2D eigenvalue weighted by Gasteiger charge is 2.09. The zero-order valence-corrected chi connectivity index (χ0v) is 15.0. The normalized spacial score (nSPS) is 10.4. The molecule has 0 unspecified atom stereocenters. The van der Waals surface area contributed by atoms with Crippen molar-refractivity contribution in [2.45, 2.75) is 6.54 Å². The van der Waals surface area contributed by atoms with Crippen molar-refractivity contribution in [1.82, 2.24) is 10.3 Å². The lowest BCUT2D eigenvalue weighted by atomic mass is 10.2. The Morgan fingerprint density at radius 1 is 1.08 bits per heavy atom. The number of rotatable bonds is 5. The van der Waals surface area contributed by atoms with Gasteiger partial charge in [0.15, 0.2) is 0 Å². The second kappa shape index (κ2) is 8.17. The van der Waals surface area contributed by atoms with Crippen molar-refractivity contribution in [2.24, 2.45) is 0 Å². The summed E-state index contributed by atoms with van der Waals surface area (Å²) in [5.74, 6) is -0.606. The van der Waals surface area contributed by atoms with Crippen LogP contribution in [0.15, 0.2) is 60.9 Å². The summed E-state index contributed by atoms with van der Waals surface area (Å²) in [5.41, 5.74) is 2.40. The van der Waals surface area contributed by atoms with Gasteiger partial charge in [-0.15, -0.1) is 0 Å². The first kappa shape index (κ1) is 18.2. The summed E-state index contributed by atoms with van der Waals surface area (Å²) in [6.07, 6.45) is 3.04. The van der Waals surface area contributed by atoms with Crippen molar-refractivity contribution < 1.29 is 9.18 Å². The fourth-order valence-corrected chi connectivity index (χ4v) is 2.62. The molecule has 0 saturated carbocycles. The third-order valence-electron chi connectivity index (χ3n) is 3.60. The van der Waals surface area contributed by atoms with Crippen LogP contribution in [0.4, 0.5) is 15.8 Å². The van der Waals surface area contributed by atoms with Crippen molar-refractivity contribution in [1.29, 1.82) is 0 Å². The Balaban J connectivity index is 1.69. The molecule has 0 aliphatic heterocycles. The number of aromatic nitrogens is 1. The molecular formula is C19H14Cl2FN3O. The Labute approximate surface area is 160 Å². The zero-order chi connectivity index (χ0) is 18.5. The van der Waals surface area contributed by atoms with Crippen molar-refractivity contribution in [3.8, 4) is 0 Å². The van der Waals surface area contributed by atoms with Crippen LogP contribution in [0.2, 0.25) is 10.0 Å². The third kappa shape index (κ3) is 4.50. The summed E-state index contributed by atoms with van der Waals surface area (Å²) < 4.78 is 12.9. The van der Waals surface area contributed by atoms with Crippen LogP contribution in [-0.2, 0) is 6.54 Å². The van der Waals surface area contributed by atoms with Gasteiger partial charge in [-0.25, -0.2) is 4.39 Å². The molecule has 0 aliphatic carbocycles. The van der Waals surface area contributed by atoms with E-state index in [0.717, 1.165) is 5.56 Å². The monoisotopic (exact) mass is 389 g/mol. The van der Waals surface area contributed by atoms with Gasteiger partial charge in [-0.2, -0.15) is 0 Å². The smallest absolute Gasteiger partial charge is 0.253 e. The highest BCUT2D eigenvalue weighted by Crippen LogP contribution is 2.31. The summed E-state index contributed by atoms with van der Waals surface area (Å²) in [7, 11) is 0. The van der Waals surface area contributed by atoms with Crippen molar-refractivity contribution >= 4 is 40.5 Å². The molecule has 3 aromatic rings. The molecule has 0 bridgehead atoms. The van der Waals surface area contributed by atoms with E-state index in [4.69, 9.17) is 23.2 Å². The SMILES string of the molecule is O=C(NCc1ccc(F)cc1)c1cncc(Nc2cccc(Cl)c2Cl)c1. The number of nitrogens with one attached hydrogen (secondary N) is 2. The van der Waals surface area contributed by atoms with Gasteiger partial charge >= 0.3 is 0 Å². The first-order chi connectivity index (χ1) is 12.5. The Morgan fingerprint density at radius 2 is 1.85 bits per heavy atom. The van der Waals surface area contributed by atoms with E-state index >= 15 is 0 Å². The number of hydrogen-bond acceptors (Lipinski definition) is 3. The van der Waals surface area contributed by atoms with Crippen LogP contribution in [0.5, 0.6) is 0 Å². The molecule has 2 N–H and O–H groups in total. The number of pyridine rings is 1. The third-order valence-corrected chi connectivity index (χ3v) is 4.42. The summed E-state index contributed by atoms with van der Waals surface area (Å²) in [6, 6.07) is 12.8. The van der Waals surface area contributed by atoms with Gasteiger partial charge in [-0.1, -0.05) is 41.4 Å². The average molecular weight is 390 g/mol. The number of hydrogen-bond donors (Lipinski definition) is 2. The highest BCUT2D eigenvalue weighted by molar-refractivity contribution is 6.43. The van der Waals surface area contributed by atoms with Gasteiger partial charge in [0.05, 0.1) is 33.2 Å². The second-order valence-corrected chi connectivity index (χ2v) is 6.28. The van der Waals surface area contributed by atoms with Crippen molar-refractivity contribution in [3.63, 3.8) is 0 Å². The summed E-state index contributed by atoms with van der Waals surface area (Å²) in [6.45, 7) is 0.289. The topological polar surface area (TPSA) is 54.0 Å². The number of carbonyl (C=O) groups is 1. The van der Waals surface area contributed by atoms with E-state index in [0.29, 0.717) is 27.0 Å². The molecule has 26 heavy (non-hydrogen) atoms. The number of halogens is 3. The number of anilines is 2. The van der Waals surface area contributed by atoms with Gasteiger partial charge in [0, 0.05) is 12.7 Å². The summed E-state index contributed by atoms with van der Waals surface area (Å²) in [4.78, 5) is 16.4. The lowest BCUT2D eigenvalue weighted by molar-refractivity contribution is 0.0950. The maximum atomic E-state index is 12.9. The fourth-order valence-electron chi connectivity index (χ4n) is 2.27. The average Bonchev–Trinajstić information content (AvgIpc) is 2.65. The van der Waals surface area contributed by atoms with Crippen LogP contribution in [0.3, 0.4) is 0 Å². The van der Waals surface area contributed by atoms with E-state index in [1.807, 2.05) is 0 Å². The first-order valence-electron chi connectivity index (χ1n) is 7.71. The number of amides is 1. The molecule has 0 radical (unpaired) electrons. The molecule has 0 atom stereocenters. The standard InChI is InChI=1S/C19H14Cl2FN3O/c20-16-2-1-3-17(18(16)21)25-15-8-13(10-23-11-15)19(26)24-9-12-4-6-14(22)7-5-12/h1-8,10-11,25H,9H2,(H,24,26). The second-order valence-electron chi connectivity index (χ2n) is 5.50. The molecule has 0 saturated heterocycles. The number of nitrogens with zero attached hydrogens (tertiary/aromatic N) is 1. The predicted octanol–water partition coefficient (Wildman–Crippen LogP) is 5.20. The number of benzene rings is 2. The zero-order valence-electron chi connectivity index (χ0n) is 13.5. The molecular weight excluding hydrogens is 376 g/mol. The predicted molar refractivity (Wildman–Crippen MR) is 102 cm³/mol. The Morgan fingerprint density at radius 3 is 2.62 bits per heavy atom. The van der Waals surface area contributed by atoms with Crippen LogP contribution in [0, 0.1) is 5.82 Å². The van der Waals surface area contributed by atoms with Crippen LogP contribution < -0.4 is 10.6 Å². The minimum atomic E-state index is -0.317. The van der Waals surface area contributed by atoms with Crippen LogP contribution >= 0.6 is 23.2 Å². The fraction of sp³-hybridized carbons (Fsp3) is 0.0526. The lowest BCUT2D eigenvalue weighted by Gasteiger charge is -2.10. The molecule has 1 amide bonds. The molecule has 0 spiro atoms. The van der Waals surface area contributed by atoms with E-state index in [-0.39, 0.29) is 18.3 Å².